The summed E-state index contributed by atoms with van der Waals surface area (Å²) in [4.78, 5) is 0. The maximum atomic E-state index is 8.52. The summed E-state index contributed by atoms with van der Waals surface area (Å²) in [5.41, 5.74) is -1.11. The standard InChI is InChI=1S/C10H22OS.C5H12O4/c1-2-3-4-5-6-7-9-12-10-8-11;6-1-5(2-7,3-8)4-9/h11H,2-10H2,1H3;6-9H,1-4H2. The van der Waals surface area contributed by atoms with Gasteiger partial charge in [-0.05, 0) is 12.2 Å². The van der Waals surface area contributed by atoms with Crippen LogP contribution < -0.4 is 0 Å². The van der Waals surface area contributed by atoms with Crippen LogP contribution >= 0.6 is 11.8 Å². The van der Waals surface area contributed by atoms with Crippen LogP contribution in [-0.4, -0.2) is 70.1 Å². The number of aliphatic hydroxyl groups is 5. The molecular formula is C15H34O5S. The lowest BCUT2D eigenvalue weighted by molar-refractivity contribution is -0.0328. The smallest absolute Gasteiger partial charge is 0.0627 e. The second kappa shape index (κ2) is 18.2. The third kappa shape index (κ3) is 14.8. The Morgan fingerprint density at radius 3 is 1.52 bits per heavy atom. The van der Waals surface area contributed by atoms with E-state index in [0.29, 0.717) is 6.61 Å². The molecule has 21 heavy (non-hydrogen) atoms. The van der Waals surface area contributed by atoms with Gasteiger partial charge in [0.05, 0.1) is 38.4 Å². The Kier molecular flexibility index (Phi) is 20.3. The molecule has 0 aliphatic carbocycles. The van der Waals surface area contributed by atoms with Gasteiger partial charge in [-0.1, -0.05) is 39.0 Å². The molecule has 0 heterocycles. The van der Waals surface area contributed by atoms with Gasteiger partial charge in [0.25, 0.3) is 0 Å². The van der Waals surface area contributed by atoms with Crippen molar-refractivity contribution < 1.29 is 25.5 Å². The van der Waals surface area contributed by atoms with Crippen LogP contribution in [-0.2, 0) is 0 Å². The summed E-state index contributed by atoms with van der Waals surface area (Å²) < 4.78 is 0. The highest BCUT2D eigenvalue weighted by Crippen LogP contribution is 2.12. The Balaban J connectivity index is 0. The van der Waals surface area contributed by atoms with Gasteiger partial charge in [0.1, 0.15) is 0 Å². The monoisotopic (exact) mass is 326 g/mol. The molecule has 0 amide bonds. The number of thioether (sulfide) groups is 1. The summed E-state index contributed by atoms with van der Waals surface area (Å²) in [6.45, 7) is 0.956. The van der Waals surface area contributed by atoms with Crippen molar-refractivity contribution in [1.29, 1.82) is 0 Å². The van der Waals surface area contributed by atoms with Crippen LogP contribution in [0.1, 0.15) is 45.4 Å². The van der Waals surface area contributed by atoms with Gasteiger partial charge >= 0.3 is 0 Å². The second-order valence-corrected chi connectivity index (χ2v) is 6.46. The van der Waals surface area contributed by atoms with Gasteiger partial charge in [-0.2, -0.15) is 11.8 Å². The Hall–Kier alpha value is 0.150. The zero-order valence-electron chi connectivity index (χ0n) is 13.3. The Bertz CT molecular complexity index is 161. The SMILES string of the molecule is CCCCCCCCSCCO.OCC(CO)(CO)CO. The molecule has 0 saturated heterocycles. The molecule has 6 heteroatoms. The predicted molar refractivity (Wildman–Crippen MR) is 88.6 cm³/mol. The lowest BCUT2D eigenvalue weighted by Crippen LogP contribution is -2.37. The molecule has 130 valence electrons. The number of rotatable bonds is 13. The van der Waals surface area contributed by atoms with E-state index >= 15 is 0 Å². The Labute approximate surface area is 133 Å². The number of hydrogen-bond acceptors (Lipinski definition) is 6. The molecule has 0 aromatic heterocycles. The highest BCUT2D eigenvalue weighted by molar-refractivity contribution is 7.99. The van der Waals surface area contributed by atoms with Gasteiger partial charge in [0.2, 0.25) is 0 Å². The van der Waals surface area contributed by atoms with E-state index in [0.717, 1.165) is 5.75 Å². The summed E-state index contributed by atoms with van der Waals surface area (Å²) in [5, 5.41) is 42.5. The Morgan fingerprint density at radius 1 is 0.667 bits per heavy atom. The van der Waals surface area contributed by atoms with Crippen LogP contribution in [0.5, 0.6) is 0 Å². The average molecular weight is 326 g/mol. The molecule has 0 aliphatic rings. The predicted octanol–water partition coefficient (Wildman–Crippen LogP) is 1.01. The largest absolute Gasteiger partial charge is 0.396 e. The first kappa shape index (κ1) is 23.4. The molecule has 0 atom stereocenters. The molecule has 0 aromatic carbocycles. The van der Waals surface area contributed by atoms with Crippen molar-refractivity contribution in [1.82, 2.24) is 0 Å². The van der Waals surface area contributed by atoms with E-state index in [1.54, 1.807) is 0 Å². The third-order valence-electron chi connectivity index (χ3n) is 3.22. The minimum absolute atomic E-state index is 0.334. The first-order valence-corrected chi connectivity index (χ1v) is 8.93. The van der Waals surface area contributed by atoms with Crippen molar-refractivity contribution in [3.8, 4) is 0 Å². The molecule has 0 rings (SSSR count). The molecule has 0 radical (unpaired) electrons. The van der Waals surface area contributed by atoms with Crippen LogP contribution in [0.15, 0.2) is 0 Å². The molecule has 0 aromatic rings. The van der Waals surface area contributed by atoms with Gasteiger partial charge in [-0.25, -0.2) is 0 Å². The third-order valence-corrected chi connectivity index (χ3v) is 4.27. The van der Waals surface area contributed by atoms with E-state index in [9.17, 15) is 0 Å². The van der Waals surface area contributed by atoms with Crippen LogP contribution in [0, 0.1) is 5.41 Å². The topological polar surface area (TPSA) is 101 Å². The van der Waals surface area contributed by atoms with E-state index in [1.807, 2.05) is 11.8 Å². The summed E-state index contributed by atoms with van der Waals surface area (Å²) in [7, 11) is 0. The summed E-state index contributed by atoms with van der Waals surface area (Å²) in [6, 6.07) is 0. The van der Waals surface area contributed by atoms with Crippen LogP contribution in [0.3, 0.4) is 0 Å². The molecule has 0 saturated carbocycles. The van der Waals surface area contributed by atoms with Crippen molar-refractivity contribution in [3.05, 3.63) is 0 Å². The molecule has 0 spiro atoms. The van der Waals surface area contributed by atoms with Crippen LogP contribution in [0.2, 0.25) is 0 Å². The fourth-order valence-corrected chi connectivity index (χ4v) is 2.19. The van der Waals surface area contributed by atoms with Gasteiger partial charge in [-0.15, -0.1) is 0 Å². The quantitative estimate of drug-likeness (QED) is 0.324. The minimum atomic E-state index is -1.11. The van der Waals surface area contributed by atoms with Crippen LogP contribution in [0.25, 0.3) is 0 Å². The summed E-state index contributed by atoms with van der Waals surface area (Å²) >= 11 is 1.87. The van der Waals surface area contributed by atoms with Crippen molar-refractivity contribution >= 4 is 11.8 Å². The molecular weight excluding hydrogens is 292 g/mol. The summed E-state index contributed by atoms with van der Waals surface area (Å²) in [5.74, 6) is 2.14. The highest BCUT2D eigenvalue weighted by Gasteiger charge is 2.26. The highest BCUT2D eigenvalue weighted by atomic mass is 32.2. The van der Waals surface area contributed by atoms with Gasteiger partial charge in [0.15, 0.2) is 0 Å². The van der Waals surface area contributed by atoms with Crippen molar-refractivity contribution in [2.75, 3.05) is 44.5 Å². The van der Waals surface area contributed by atoms with E-state index < -0.39 is 31.8 Å². The first-order chi connectivity index (χ1) is 10.2. The Morgan fingerprint density at radius 2 is 1.14 bits per heavy atom. The van der Waals surface area contributed by atoms with Crippen LogP contribution in [0.4, 0.5) is 0 Å². The number of unbranched alkanes of at least 4 members (excludes halogenated alkanes) is 5. The molecule has 0 fully saturated rings. The van der Waals surface area contributed by atoms with Gasteiger partial charge in [0, 0.05) is 5.75 Å². The van der Waals surface area contributed by atoms with Crippen molar-refractivity contribution in [3.63, 3.8) is 0 Å². The van der Waals surface area contributed by atoms with Crippen molar-refractivity contribution in [2.24, 2.45) is 5.41 Å². The normalized spacial score (nSPS) is 11.1. The maximum Gasteiger partial charge on any atom is 0.0627 e. The number of aliphatic hydroxyl groups excluding tert-OH is 5. The molecule has 5 N–H and O–H groups in total. The lowest BCUT2D eigenvalue weighted by atomic mass is 9.93. The van der Waals surface area contributed by atoms with Gasteiger partial charge in [-0.3, -0.25) is 0 Å². The van der Waals surface area contributed by atoms with E-state index in [2.05, 4.69) is 6.92 Å². The fraction of sp³-hybridized carbons (Fsp3) is 1.00. The second-order valence-electron chi connectivity index (χ2n) is 5.24. The lowest BCUT2D eigenvalue weighted by Gasteiger charge is -2.23. The maximum absolute atomic E-state index is 8.52. The minimum Gasteiger partial charge on any atom is -0.396 e. The zero-order valence-corrected chi connectivity index (χ0v) is 14.2. The molecule has 5 nitrogen and oxygen atoms in total. The fourth-order valence-electron chi connectivity index (χ4n) is 1.45. The van der Waals surface area contributed by atoms with E-state index in [4.69, 9.17) is 25.5 Å². The van der Waals surface area contributed by atoms with E-state index in [-0.39, 0.29) is 0 Å². The molecule has 0 aliphatic heterocycles. The van der Waals surface area contributed by atoms with Crippen molar-refractivity contribution in [2.45, 2.75) is 45.4 Å². The first-order valence-electron chi connectivity index (χ1n) is 7.78. The molecule has 0 bridgehead atoms. The number of hydrogen-bond donors (Lipinski definition) is 5. The zero-order chi connectivity index (χ0) is 16.4. The summed E-state index contributed by atoms with van der Waals surface area (Å²) in [6.07, 6.45) is 8.23. The molecule has 0 unspecified atom stereocenters. The van der Waals surface area contributed by atoms with Gasteiger partial charge < -0.3 is 25.5 Å². The average Bonchev–Trinajstić information content (AvgIpc) is 2.53. The van der Waals surface area contributed by atoms with E-state index in [1.165, 1.54) is 44.3 Å².